The molecule has 238 valence electrons. The number of aryl methyl sites for hydroxylation is 2. The first-order valence-corrected chi connectivity index (χ1v) is 14.6. The summed E-state index contributed by atoms with van der Waals surface area (Å²) in [6, 6.07) is 14.0. The Hall–Kier alpha value is -5.56. The second-order valence-electron chi connectivity index (χ2n) is 11.0. The van der Waals surface area contributed by atoms with Gasteiger partial charge in [-0.3, -0.25) is 14.4 Å². The van der Waals surface area contributed by atoms with Crippen molar-refractivity contribution in [3.63, 3.8) is 0 Å². The van der Waals surface area contributed by atoms with Gasteiger partial charge in [-0.25, -0.2) is 4.79 Å². The number of esters is 1. The maximum absolute atomic E-state index is 13.7. The van der Waals surface area contributed by atoms with Crippen LogP contribution in [0.5, 0.6) is 11.5 Å². The number of fused-ring (bicyclic) bond motifs is 2. The molecule has 0 radical (unpaired) electrons. The summed E-state index contributed by atoms with van der Waals surface area (Å²) in [5.74, 6) is -2.68. The van der Waals surface area contributed by atoms with Gasteiger partial charge in [-0.05, 0) is 67.6 Å². The number of nitrogens with one attached hydrogen (secondary N) is 1. The predicted octanol–water partition coefficient (Wildman–Crippen LogP) is 5.11. The van der Waals surface area contributed by atoms with Gasteiger partial charge in [0.2, 0.25) is 5.91 Å². The average Bonchev–Trinajstić information content (AvgIpc) is 3.42. The van der Waals surface area contributed by atoms with Crippen LogP contribution in [0.1, 0.15) is 57.5 Å². The molecular weight excluding hydrogens is 594 g/mol. The fourth-order valence-corrected chi connectivity index (χ4v) is 5.45. The standard InChI is InChI=1S/C33H33N5O8/c1-18-7-11-22-29(35-31(45-2)25-15-19(8-13-27(34)40)17-38(25)32(22)42)30(18)46-28(41)14-9-20-5-3-4-6-24(20)37-36-21-10-12-26(39)23(16-21)33(43)44/h3-7,10-12,16-17,25,31,35,39H,8-9,13-15H2,1-2H3,(H2,34,40)(H,43,44)/t25?,31-/m1/s1. The zero-order chi connectivity index (χ0) is 33.0. The number of nitrogens with zero attached hydrogens (tertiary/aromatic N) is 3. The van der Waals surface area contributed by atoms with E-state index in [2.05, 4.69) is 15.5 Å². The van der Waals surface area contributed by atoms with E-state index in [0.29, 0.717) is 40.9 Å². The molecule has 13 heteroatoms. The van der Waals surface area contributed by atoms with Gasteiger partial charge < -0.3 is 35.6 Å². The fraction of sp³-hybridized carbons (Fsp3) is 0.273. The average molecular weight is 628 g/mol. The third-order valence-electron chi connectivity index (χ3n) is 7.84. The highest BCUT2D eigenvalue weighted by Gasteiger charge is 2.41. The maximum Gasteiger partial charge on any atom is 0.339 e. The summed E-state index contributed by atoms with van der Waals surface area (Å²) in [6.07, 6.45) is 2.50. The van der Waals surface area contributed by atoms with E-state index in [1.54, 1.807) is 54.4 Å². The molecule has 0 spiro atoms. The molecule has 46 heavy (non-hydrogen) atoms. The number of azo groups is 1. The van der Waals surface area contributed by atoms with Crippen molar-refractivity contribution in [1.82, 2.24) is 4.90 Å². The number of aromatic hydroxyl groups is 1. The van der Waals surface area contributed by atoms with E-state index in [-0.39, 0.29) is 54.0 Å². The number of carbonyl (C=O) groups is 4. The summed E-state index contributed by atoms with van der Waals surface area (Å²) >= 11 is 0. The van der Waals surface area contributed by atoms with Gasteiger partial charge >= 0.3 is 11.9 Å². The number of amides is 2. The van der Waals surface area contributed by atoms with Crippen LogP contribution in [0.2, 0.25) is 0 Å². The van der Waals surface area contributed by atoms with E-state index >= 15 is 0 Å². The number of ether oxygens (including phenoxy) is 2. The van der Waals surface area contributed by atoms with Crippen molar-refractivity contribution in [3.05, 3.63) is 88.6 Å². The van der Waals surface area contributed by atoms with Crippen molar-refractivity contribution in [2.75, 3.05) is 12.4 Å². The normalized spacial score (nSPS) is 17.1. The zero-order valence-corrected chi connectivity index (χ0v) is 25.2. The molecule has 1 unspecified atom stereocenters. The molecule has 0 saturated carbocycles. The number of aromatic carboxylic acids is 1. The molecule has 0 aliphatic carbocycles. The van der Waals surface area contributed by atoms with E-state index in [1.807, 2.05) is 0 Å². The number of nitrogens with two attached hydrogens (primary N) is 1. The van der Waals surface area contributed by atoms with Gasteiger partial charge in [-0.2, -0.15) is 10.2 Å². The smallest absolute Gasteiger partial charge is 0.339 e. The van der Waals surface area contributed by atoms with E-state index in [0.717, 1.165) is 5.57 Å². The molecular formula is C33H33N5O8. The summed E-state index contributed by atoms with van der Waals surface area (Å²) in [4.78, 5) is 51.1. The number of rotatable bonds is 11. The highest BCUT2D eigenvalue weighted by atomic mass is 16.5. The summed E-state index contributed by atoms with van der Waals surface area (Å²) < 4.78 is 11.6. The summed E-state index contributed by atoms with van der Waals surface area (Å²) in [5, 5.41) is 30.6. The van der Waals surface area contributed by atoms with Crippen LogP contribution in [-0.4, -0.2) is 58.2 Å². The van der Waals surface area contributed by atoms with Crippen LogP contribution < -0.4 is 15.8 Å². The molecule has 0 saturated heterocycles. The quantitative estimate of drug-likeness (QED) is 0.127. The lowest BCUT2D eigenvalue weighted by Gasteiger charge is -2.28. The second kappa shape index (κ2) is 13.6. The lowest BCUT2D eigenvalue weighted by Crippen LogP contribution is -2.43. The SMILES string of the molecule is CO[C@H]1Nc2c(ccc(C)c2OC(=O)CCc2ccccc2N=Nc2ccc(O)c(C(=O)O)c2)C(=O)N2C=C(CCC(N)=O)CC12. The molecule has 2 aliphatic rings. The summed E-state index contributed by atoms with van der Waals surface area (Å²) in [6.45, 7) is 1.78. The second-order valence-corrected chi connectivity index (χ2v) is 11.0. The van der Waals surface area contributed by atoms with Gasteiger partial charge in [0.1, 0.15) is 17.5 Å². The van der Waals surface area contributed by atoms with Gasteiger partial charge in [0.15, 0.2) is 5.75 Å². The van der Waals surface area contributed by atoms with E-state index in [9.17, 15) is 29.4 Å². The Bertz CT molecular complexity index is 1770. The molecule has 13 nitrogen and oxygen atoms in total. The first-order valence-electron chi connectivity index (χ1n) is 14.6. The molecule has 2 atom stereocenters. The largest absolute Gasteiger partial charge is 0.507 e. The first-order chi connectivity index (χ1) is 22.0. The van der Waals surface area contributed by atoms with Crippen LogP contribution in [-0.2, 0) is 20.7 Å². The van der Waals surface area contributed by atoms with Crippen molar-refractivity contribution < 1.29 is 38.9 Å². The van der Waals surface area contributed by atoms with Crippen molar-refractivity contribution in [2.24, 2.45) is 16.0 Å². The lowest BCUT2D eigenvalue weighted by molar-refractivity contribution is -0.134. The Morgan fingerprint density at radius 2 is 1.85 bits per heavy atom. The molecule has 0 fully saturated rings. The number of hydrogen-bond acceptors (Lipinski definition) is 10. The van der Waals surface area contributed by atoms with Gasteiger partial charge in [0.25, 0.3) is 5.91 Å². The van der Waals surface area contributed by atoms with Crippen molar-refractivity contribution in [2.45, 2.75) is 51.3 Å². The van der Waals surface area contributed by atoms with Crippen molar-refractivity contribution >= 4 is 40.8 Å². The van der Waals surface area contributed by atoms with Gasteiger partial charge in [-0.1, -0.05) is 29.8 Å². The molecule has 5 rings (SSSR count). The Morgan fingerprint density at radius 1 is 1.07 bits per heavy atom. The maximum atomic E-state index is 13.7. The van der Waals surface area contributed by atoms with Crippen LogP contribution in [0.25, 0.3) is 0 Å². The number of primary amides is 1. The highest BCUT2D eigenvalue weighted by Crippen LogP contribution is 2.40. The minimum Gasteiger partial charge on any atom is -0.507 e. The molecule has 2 amide bonds. The molecule has 3 aromatic carbocycles. The third kappa shape index (κ3) is 6.89. The third-order valence-corrected chi connectivity index (χ3v) is 7.84. The lowest BCUT2D eigenvalue weighted by atomic mass is 10.0. The molecule has 2 heterocycles. The number of anilines is 1. The monoisotopic (exact) mass is 627 g/mol. The van der Waals surface area contributed by atoms with Crippen LogP contribution in [0, 0.1) is 6.92 Å². The molecule has 5 N–H and O–H groups in total. The predicted molar refractivity (Wildman–Crippen MR) is 166 cm³/mol. The van der Waals surface area contributed by atoms with E-state index in [4.69, 9.17) is 15.2 Å². The summed E-state index contributed by atoms with van der Waals surface area (Å²) in [5.41, 5.74) is 8.67. The minimum atomic E-state index is -1.29. The van der Waals surface area contributed by atoms with Gasteiger partial charge in [0, 0.05) is 19.7 Å². The Kier molecular flexibility index (Phi) is 9.42. The molecule has 0 bridgehead atoms. The number of carboxylic acids is 1. The summed E-state index contributed by atoms with van der Waals surface area (Å²) in [7, 11) is 1.52. The fourth-order valence-electron chi connectivity index (χ4n) is 5.45. The van der Waals surface area contributed by atoms with E-state index in [1.165, 1.54) is 25.3 Å². The van der Waals surface area contributed by atoms with Crippen LogP contribution in [0.4, 0.5) is 17.1 Å². The number of carbonyl (C=O) groups excluding carboxylic acids is 3. The molecule has 3 aromatic rings. The Balaban J connectivity index is 1.32. The number of hydrogen-bond donors (Lipinski definition) is 4. The van der Waals surface area contributed by atoms with Gasteiger partial charge in [0.05, 0.1) is 35.1 Å². The Morgan fingerprint density at radius 3 is 2.59 bits per heavy atom. The highest BCUT2D eigenvalue weighted by molar-refractivity contribution is 6.03. The van der Waals surface area contributed by atoms with Gasteiger partial charge in [-0.15, -0.1) is 0 Å². The number of benzene rings is 3. The van der Waals surface area contributed by atoms with Crippen molar-refractivity contribution in [3.8, 4) is 11.5 Å². The van der Waals surface area contributed by atoms with Crippen LogP contribution in [0.3, 0.4) is 0 Å². The molecule has 0 aromatic heterocycles. The Labute approximate surface area is 264 Å². The zero-order valence-electron chi connectivity index (χ0n) is 25.2. The van der Waals surface area contributed by atoms with Crippen molar-refractivity contribution in [1.29, 1.82) is 0 Å². The first kappa shape index (κ1) is 31.9. The number of carboxylic acid groups (broad SMARTS) is 1. The number of methoxy groups -OCH3 is 1. The topological polar surface area (TPSA) is 193 Å². The van der Waals surface area contributed by atoms with Crippen LogP contribution in [0.15, 0.2) is 76.6 Å². The molecule has 2 aliphatic heterocycles. The number of phenols is 1. The minimum absolute atomic E-state index is 0.0135. The van der Waals surface area contributed by atoms with E-state index < -0.39 is 24.1 Å². The van der Waals surface area contributed by atoms with Crippen LogP contribution >= 0.6 is 0 Å².